The highest BCUT2D eigenvalue weighted by atomic mass is 32.1. The van der Waals surface area contributed by atoms with E-state index in [4.69, 9.17) is 13.8 Å². The van der Waals surface area contributed by atoms with Crippen molar-refractivity contribution in [3.05, 3.63) is 398 Å². The molecule has 23 nitrogen and oxygen atoms in total. The first kappa shape index (κ1) is 99.5. The fourth-order valence-electron chi connectivity index (χ4n) is 15.7. The average molecular weight is 1960 g/mol. The molecular formula is C114H106N20O3S5. The number of aromatic hydroxyl groups is 1. The summed E-state index contributed by atoms with van der Waals surface area (Å²) in [5.74, 6) is 1.54. The van der Waals surface area contributed by atoms with Gasteiger partial charge in [0.2, 0.25) is 11.8 Å². The number of hydrogen-bond donors (Lipinski definition) is 1. The molecule has 0 bridgehead atoms. The van der Waals surface area contributed by atoms with Crippen LogP contribution < -0.4 is 0 Å². The molecule has 13 heterocycles. The zero-order valence-electron chi connectivity index (χ0n) is 77.9. The van der Waals surface area contributed by atoms with E-state index in [-0.39, 0.29) is 20.6 Å². The van der Waals surface area contributed by atoms with Gasteiger partial charge in [0.25, 0.3) is 0 Å². The number of nitrogens with zero attached hydrogens (tertiary/aromatic N) is 20. The molecule has 0 unspecified atom stereocenters. The number of thiazole rings is 5. The minimum atomic E-state index is 0. The second-order valence-corrected chi connectivity index (χ2v) is 38.3. The zero-order chi connectivity index (χ0) is 95.6. The Labute approximate surface area is 844 Å². The van der Waals surface area contributed by atoms with Crippen molar-refractivity contribution in [1.82, 2.24) is 54.8 Å². The minimum Gasteiger partial charge on any atom is -0.507 e. The van der Waals surface area contributed by atoms with Gasteiger partial charge in [-0.05, 0) is 229 Å². The molecule has 0 amide bonds. The number of aryl methyl sites for hydroxylation is 2. The summed E-state index contributed by atoms with van der Waals surface area (Å²) in [5, 5.41) is 15.0. The molecule has 28 heteroatoms. The fraction of sp³-hybridized carbons (Fsp3) is 0.193. The number of pyridine rings is 4. The van der Waals surface area contributed by atoms with Gasteiger partial charge in [-0.1, -0.05) is 160 Å². The fourth-order valence-corrected chi connectivity index (χ4v) is 20.2. The molecule has 0 saturated carbocycles. The third-order valence-electron chi connectivity index (χ3n) is 22.9. The summed E-state index contributed by atoms with van der Waals surface area (Å²) in [7, 11) is 0. The molecule has 9 aromatic carbocycles. The van der Waals surface area contributed by atoms with Crippen molar-refractivity contribution in [3.8, 4) is 5.75 Å². The molecule has 0 atom stereocenters. The normalized spacial score (nSPS) is 13.9. The van der Waals surface area contributed by atoms with E-state index in [2.05, 4.69) is 168 Å². The summed E-state index contributed by atoms with van der Waals surface area (Å²) in [4.78, 5) is 90.5. The van der Waals surface area contributed by atoms with Crippen LogP contribution in [0.3, 0.4) is 0 Å². The molecule has 142 heavy (non-hydrogen) atoms. The standard InChI is InChI=1S/C18H15N3S.C17H15N3O.C17H15N3S.C16H14N2OS.C15H13N3O.C15H13N3S.C14H13N3S.2CH4/c1-12(16-10-13-6-2-3-7-14(13)20-16)19-11-18-21-15-8-4-5-9-17(15)22-18;2*1-2-9-15-13(7-1)20-16(21-15)11-19-14-8-3-5-12-6-4-10-18-17(12)14;1-11(12-6-2-4-8-14(12)19)17-10-16-18-13-7-3-5-9-15(13)20-16;2*1-11(12-6-4-5-9-16-12)17-10-15-18-13-7-2-3-8-14(13)19-15;1-10(11-6-4-8-15-11)16-9-14-17-12-5-2-3-7-13(12)18-14;;/h2-9H,10-11H2,1H3;2*1-2,4,6-7,9-10H,3,5,8,11H2;2-9,19H,10H2,1H3;2*2-9H,10H2,1H3;2-5,7-8H,6,9H2,1H3;2*1H4. The summed E-state index contributed by atoms with van der Waals surface area (Å²) in [6.07, 6.45) is 19.4. The number of phenols is 1. The summed E-state index contributed by atoms with van der Waals surface area (Å²) in [6.45, 7) is 13.9. The lowest BCUT2D eigenvalue weighted by atomic mass is 9.94. The Kier molecular flexibility index (Phi) is 34.6. The van der Waals surface area contributed by atoms with Gasteiger partial charge < -0.3 is 13.9 Å². The van der Waals surface area contributed by atoms with Crippen LogP contribution in [0.4, 0.5) is 5.69 Å². The first-order valence-electron chi connectivity index (χ1n) is 46.2. The molecule has 0 radical (unpaired) electrons. The van der Waals surface area contributed by atoms with Gasteiger partial charge >= 0.3 is 0 Å². The zero-order valence-corrected chi connectivity index (χ0v) is 82.0. The van der Waals surface area contributed by atoms with Gasteiger partial charge in [-0.15, -0.1) is 56.7 Å². The van der Waals surface area contributed by atoms with E-state index < -0.39 is 0 Å². The third kappa shape index (κ3) is 26.6. The van der Waals surface area contributed by atoms with Crippen LogP contribution >= 0.6 is 56.7 Å². The van der Waals surface area contributed by atoms with Gasteiger partial charge in [0, 0.05) is 55.1 Å². The molecular weight excluding hydrogens is 1860 g/mol. The lowest BCUT2D eigenvalue weighted by molar-refractivity contribution is 0.474. The maximum Gasteiger partial charge on any atom is 0.217 e. The number of aromatic nitrogens is 11. The summed E-state index contributed by atoms with van der Waals surface area (Å²) < 4.78 is 17.4. The molecule has 2 aliphatic carbocycles. The smallest absolute Gasteiger partial charge is 0.217 e. The lowest BCUT2D eigenvalue weighted by Gasteiger charge is -2.16. The molecule has 20 aromatic rings. The molecule has 1 N–H and O–H groups in total. The van der Waals surface area contributed by atoms with Crippen LogP contribution in [0.5, 0.6) is 5.75 Å². The van der Waals surface area contributed by atoms with Crippen LogP contribution in [0.25, 0.3) is 73.3 Å². The third-order valence-corrected chi connectivity index (χ3v) is 28.0. The maximum absolute atomic E-state index is 9.80. The predicted octanol–water partition coefficient (Wildman–Crippen LogP) is 28.0. The second kappa shape index (κ2) is 49.4. The Bertz CT molecular complexity index is 7550. The van der Waals surface area contributed by atoms with E-state index in [9.17, 15) is 5.11 Å². The van der Waals surface area contributed by atoms with Gasteiger partial charge in [0.15, 0.2) is 11.2 Å². The van der Waals surface area contributed by atoms with Crippen LogP contribution in [-0.2, 0) is 65.1 Å². The Morgan fingerprint density at radius 1 is 0.324 bits per heavy atom. The van der Waals surface area contributed by atoms with Crippen molar-refractivity contribution in [1.29, 1.82) is 0 Å². The Morgan fingerprint density at radius 2 is 0.690 bits per heavy atom. The van der Waals surface area contributed by atoms with Crippen molar-refractivity contribution in [2.75, 3.05) is 0 Å². The number of phenolic OH excluding ortho intramolecular Hbond substituents is 1. The Balaban J connectivity index is 0.000000119. The van der Waals surface area contributed by atoms with E-state index in [1.807, 2.05) is 253 Å². The van der Waals surface area contributed by atoms with E-state index >= 15 is 0 Å². The summed E-state index contributed by atoms with van der Waals surface area (Å²) in [5.41, 5.74) is 27.3. The number of oxazole rings is 2. The van der Waals surface area contributed by atoms with Gasteiger partial charge in [-0.25, -0.2) is 34.9 Å². The molecule has 0 saturated heterocycles. The minimum absolute atomic E-state index is 0. The number of benzene rings is 9. The highest BCUT2D eigenvalue weighted by Gasteiger charge is 2.21. The summed E-state index contributed by atoms with van der Waals surface area (Å²) in [6, 6.07) is 91.8. The number of rotatable bonds is 19. The van der Waals surface area contributed by atoms with Crippen molar-refractivity contribution in [2.45, 2.75) is 147 Å². The Hall–Kier alpha value is -15.5. The molecule has 4 aliphatic rings. The largest absolute Gasteiger partial charge is 0.507 e. The van der Waals surface area contributed by atoms with Crippen LogP contribution in [0, 0.1) is 0 Å². The topological polar surface area (TPSA) is 300 Å². The number of hydrogen-bond acceptors (Lipinski definition) is 28. The van der Waals surface area contributed by atoms with Crippen molar-refractivity contribution < 1.29 is 13.9 Å². The number of para-hydroxylation sites is 11. The SMILES string of the molecule is C.C.CC(=NCc1nc2ccccc2o1)c1ccccn1.CC(=NCc1nc2ccccc2s1)C1=NC=CC1.CC(=NCc1nc2ccccc2s1)C1=Nc2ccccc2C1.CC(=NCc1nc2ccccc2s1)c1ccccc1O.CC(=NCc1nc2ccccc2s1)c1ccccn1.c1cnc2c(c1)CCCC2=NCc1nc2ccccc2o1.c1cnc2c(c1)CCCC2=NCc1nc2ccccc2s1. The highest BCUT2D eigenvalue weighted by Crippen LogP contribution is 2.32. The van der Waals surface area contributed by atoms with E-state index in [0.717, 1.165) is 212 Å². The second-order valence-electron chi connectivity index (χ2n) is 32.8. The number of fused-ring (bicyclic) bond motifs is 10. The molecule has 2 aliphatic heterocycles. The van der Waals surface area contributed by atoms with Crippen molar-refractivity contribution >= 4 is 187 Å². The molecule has 0 fully saturated rings. The quantitative estimate of drug-likeness (QED) is 0.0736. The van der Waals surface area contributed by atoms with E-state index in [1.54, 1.807) is 81.2 Å². The molecule has 0 spiro atoms. The van der Waals surface area contributed by atoms with Gasteiger partial charge in [-0.2, -0.15) is 0 Å². The van der Waals surface area contributed by atoms with Gasteiger partial charge in [0.05, 0.1) is 158 Å². The Morgan fingerprint density at radius 3 is 1.12 bits per heavy atom. The van der Waals surface area contributed by atoms with Crippen LogP contribution in [-0.4, -0.2) is 111 Å². The van der Waals surface area contributed by atoms with Gasteiger partial charge in [-0.3, -0.25) is 64.9 Å². The number of allylic oxidation sites excluding steroid dienone is 1. The summed E-state index contributed by atoms with van der Waals surface area (Å²) >= 11 is 8.50. The molecule has 11 aromatic heterocycles. The van der Waals surface area contributed by atoms with Crippen molar-refractivity contribution in [3.63, 3.8) is 0 Å². The lowest BCUT2D eigenvalue weighted by Crippen LogP contribution is -2.14. The van der Waals surface area contributed by atoms with E-state index in [1.165, 1.54) is 40.2 Å². The maximum atomic E-state index is 9.80. The molecule has 24 rings (SSSR count). The van der Waals surface area contributed by atoms with Crippen LogP contribution in [0.2, 0.25) is 0 Å². The monoisotopic (exact) mass is 1960 g/mol. The van der Waals surface area contributed by atoms with Crippen LogP contribution in [0.1, 0.15) is 163 Å². The highest BCUT2D eigenvalue weighted by molar-refractivity contribution is 7.20. The first-order valence-corrected chi connectivity index (χ1v) is 50.3. The van der Waals surface area contributed by atoms with Crippen molar-refractivity contribution in [2.24, 2.45) is 44.9 Å². The predicted molar refractivity (Wildman–Crippen MR) is 591 cm³/mol. The van der Waals surface area contributed by atoms with E-state index in [0.29, 0.717) is 57.6 Å². The number of aliphatic imine (C=N–C) groups is 9. The molecule has 710 valence electrons. The van der Waals surface area contributed by atoms with Gasteiger partial charge in [0.1, 0.15) is 54.9 Å². The van der Waals surface area contributed by atoms with Crippen LogP contribution in [0.15, 0.2) is 370 Å². The average Bonchev–Trinajstić information content (AvgIpc) is 1.27. The first-order chi connectivity index (χ1) is 68.8.